The molecule has 0 aliphatic heterocycles. The van der Waals surface area contributed by atoms with Gasteiger partial charge in [0.15, 0.2) is 0 Å². The molecule has 0 heterocycles. The molecule has 1 rings (SSSR count). The van der Waals surface area contributed by atoms with Crippen molar-refractivity contribution < 1.29 is 9.84 Å². The minimum Gasteiger partial charge on any atom is -0.494 e. The summed E-state index contributed by atoms with van der Waals surface area (Å²) in [5, 5.41) is 12.4. The highest BCUT2D eigenvalue weighted by molar-refractivity contribution is 5.27. The molecule has 3 heteroatoms. The zero-order valence-electron chi connectivity index (χ0n) is 11.7. The third-order valence-corrected chi connectivity index (χ3v) is 3.43. The van der Waals surface area contributed by atoms with Crippen molar-refractivity contribution in [3.63, 3.8) is 0 Å². The quantitative estimate of drug-likeness (QED) is 0.697. The van der Waals surface area contributed by atoms with Crippen molar-refractivity contribution in [2.24, 2.45) is 0 Å². The van der Waals surface area contributed by atoms with Crippen molar-refractivity contribution in [3.8, 4) is 5.75 Å². The third kappa shape index (κ3) is 4.67. The Morgan fingerprint density at radius 2 is 1.94 bits per heavy atom. The standard InChI is InChI=1S/C15H25NO2/c1-4-13-6-8-14(9-7-13)18-11-5-10-15(2,12-17)16-3/h6-9,16-17H,4-5,10-12H2,1-3H3. The molecule has 102 valence electrons. The van der Waals surface area contributed by atoms with Crippen LogP contribution in [0.25, 0.3) is 0 Å². The summed E-state index contributed by atoms with van der Waals surface area (Å²) in [6, 6.07) is 8.23. The van der Waals surface area contributed by atoms with Gasteiger partial charge in [0, 0.05) is 5.54 Å². The van der Waals surface area contributed by atoms with Crippen LogP contribution in [-0.2, 0) is 6.42 Å². The normalized spacial score (nSPS) is 14.2. The second-order valence-corrected chi connectivity index (χ2v) is 4.92. The molecule has 0 aliphatic carbocycles. The van der Waals surface area contributed by atoms with Crippen LogP contribution in [0.4, 0.5) is 0 Å². The number of aliphatic hydroxyl groups excluding tert-OH is 1. The van der Waals surface area contributed by atoms with Gasteiger partial charge in [0.2, 0.25) is 0 Å². The van der Waals surface area contributed by atoms with E-state index in [1.807, 2.05) is 26.1 Å². The molecule has 0 saturated heterocycles. The van der Waals surface area contributed by atoms with Crippen molar-refractivity contribution in [1.82, 2.24) is 5.32 Å². The van der Waals surface area contributed by atoms with Gasteiger partial charge in [-0.15, -0.1) is 0 Å². The number of hydrogen-bond donors (Lipinski definition) is 2. The van der Waals surface area contributed by atoms with Gasteiger partial charge in [-0.05, 0) is 50.9 Å². The predicted octanol–water partition coefficient (Wildman–Crippen LogP) is 2.38. The van der Waals surface area contributed by atoms with E-state index in [1.165, 1.54) is 5.56 Å². The Balaban J connectivity index is 2.29. The van der Waals surface area contributed by atoms with E-state index in [0.29, 0.717) is 6.61 Å². The molecule has 0 aliphatic rings. The lowest BCUT2D eigenvalue weighted by atomic mass is 9.97. The SMILES string of the molecule is CCc1ccc(OCCCC(C)(CO)NC)cc1. The van der Waals surface area contributed by atoms with E-state index < -0.39 is 0 Å². The van der Waals surface area contributed by atoms with Gasteiger partial charge in [-0.3, -0.25) is 0 Å². The molecule has 18 heavy (non-hydrogen) atoms. The van der Waals surface area contributed by atoms with Gasteiger partial charge in [-0.25, -0.2) is 0 Å². The van der Waals surface area contributed by atoms with E-state index in [1.54, 1.807) is 0 Å². The van der Waals surface area contributed by atoms with Crippen molar-refractivity contribution in [1.29, 1.82) is 0 Å². The maximum absolute atomic E-state index is 9.26. The first-order valence-corrected chi connectivity index (χ1v) is 6.65. The highest BCUT2D eigenvalue weighted by Crippen LogP contribution is 2.15. The van der Waals surface area contributed by atoms with E-state index in [0.717, 1.165) is 25.0 Å². The number of likely N-dealkylation sites (N-methyl/N-ethyl adjacent to an activating group) is 1. The molecule has 0 radical (unpaired) electrons. The highest BCUT2D eigenvalue weighted by Gasteiger charge is 2.19. The zero-order valence-corrected chi connectivity index (χ0v) is 11.7. The van der Waals surface area contributed by atoms with Crippen LogP contribution >= 0.6 is 0 Å². The fraction of sp³-hybridized carbons (Fsp3) is 0.600. The molecule has 1 unspecified atom stereocenters. The van der Waals surface area contributed by atoms with Crippen LogP contribution in [0.5, 0.6) is 5.75 Å². The summed E-state index contributed by atoms with van der Waals surface area (Å²) in [7, 11) is 1.88. The number of benzene rings is 1. The summed E-state index contributed by atoms with van der Waals surface area (Å²) in [5.41, 5.74) is 1.13. The van der Waals surface area contributed by atoms with Crippen LogP contribution in [0, 0.1) is 0 Å². The summed E-state index contributed by atoms with van der Waals surface area (Å²) < 4.78 is 5.68. The molecule has 1 atom stereocenters. The molecule has 1 aromatic carbocycles. The number of ether oxygens (including phenoxy) is 1. The minimum absolute atomic E-state index is 0.148. The van der Waals surface area contributed by atoms with Crippen LogP contribution in [0.1, 0.15) is 32.3 Å². The summed E-state index contributed by atoms with van der Waals surface area (Å²) in [4.78, 5) is 0. The largest absolute Gasteiger partial charge is 0.494 e. The number of aryl methyl sites for hydroxylation is 1. The topological polar surface area (TPSA) is 41.5 Å². The zero-order chi connectivity index (χ0) is 13.4. The Morgan fingerprint density at radius 1 is 1.28 bits per heavy atom. The monoisotopic (exact) mass is 251 g/mol. The van der Waals surface area contributed by atoms with Crippen LogP contribution in [-0.4, -0.2) is 30.9 Å². The summed E-state index contributed by atoms with van der Waals surface area (Å²) in [5.74, 6) is 0.919. The maximum atomic E-state index is 9.26. The van der Waals surface area contributed by atoms with Crippen molar-refractivity contribution in [2.75, 3.05) is 20.3 Å². The minimum atomic E-state index is -0.199. The lowest BCUT2D eigenvalue weighted by Crippen LogP contribution is -2.43. The van der Waals surface area contributed by atoms with Crippen molar-refractivity contribution in [2.45, 2.75) is 38.6 Å². The van der Waals surface area contributed by atoms with Crippen LogP contribution in [0.15, 0.2) is 24.3 Å². The fourth-order valence-electron chi connectivity index (χ4n) is 1.76. The lowest BCUT2D eigenvalue weighted by Gasteiger charge is -2.26. The molecule has 0 spiro atoms. The molecule has 2 N–H and O–H groups in total. The first-order chi connectivity index (χ1) is 8.63. The van der Waals surface area contributed by atoms with E-state index in [-0.39, 0.29) is 12.1 Å². The maximum Gasteiger partial charge on any atom is 0.119 e. The van der Waals surface area contributed by atoms with Gasteiger partial charge in [-0.2, -0.15) is 0 Å². The average molecular weight is 251 g/mol. The summed E-state index contributed by atoms with van der Waals surface area (Å²) >= 11 is 0. The van der Waals surface area contributed by atoms with E-state index in [4.69, 9.17) is 4.74 Å². The number of nitrogens with one attached hydrogen (secondary N) is 1. The molecule has 0 saturated carbocycles. The lowest BCUT2D eigenvalue weighted by molar-refractivity contribution is 0.163. The average Bonchev–Trinajstić information content (AvgIpc) is 2.44. The number of hydrogen-bond acceptors (Lipinski definition) is 3. The van der Waals surface area contributed by atoms with E-state index in [2.05, 4.69) is 24.4 Å². The molecule has 0 bridgehead atoms. The van der Waals surface area contributed by atoms with Gasteiger partial charge in [0.25, 0.3) is 0 Å². The van der Waals surface area contributed by atoms with Crippen LogP contribution in [0.2, 0.25) is 0 Å². The summed E-state index contributed by atoms with van der Waals surface area (Å²) in [6.07, 6.45) is 2.87. The second-order valence-electron chi connectivity index (χ2n) is 4.92. The molecule has 0 fully saturated rings. The van der Waals surface area contributed by atoms with Gasteiger partial charge < -0.3 is 15.2 Å². The highest BCUT2D eigenvalue weighted by atomic mass is 16.5. The van der Waals surface area contributed by atoms with Gasteiger partial charge in [0.05, 0.1) is 13.2 Å². The second kappa shape index (κ2) is 7.39. The first kappa shape index (κ1) is 15.0. The Hall–Kier alpha value is -1.06. The van der Waals surface area contributed by atoms with Crippen molar-refractivity contribution >= 4 is 0 Å². The fourth-order valence-corrected chi connectivity index (χ4v) is 1.76. The molecule has 0 aromatic heterocycles. The molecule has 1 aromatic rings. The number of aliphatic hydroxyl groups is 1. The van der Waals surface area contributed by atoms with Gasteiger partial charge in [0.1, 0.15) is 5.75 Å². The van der Waals surface area contributed by atoms with E-state index in [9.17, 15) is 5.11 Å². The Kier molecular flexibility index (Phi) is 6.16. The first-order valence-electron chi connectivity index (χ1n) is 6.65. The number of rotatable bonds is 8. The molecular formula is C15H25NO2. The smallest absolute Gasteiger partial charge is 0.119 e. The summed E-state index contributed by atoms with van der Waals surface area (Å²) in [6.45, 7) is 4.99. The Bertz CT molecular complexity index is 331. The Labute approximate surface area is 110 Å². The Morgan fingerprint density at radius 3 is 2.44 bits per heavy atom. The van der Waals surface area contributed by atoms with Crippen LogP contribution in [0.3, 0.4) is 0 Å². The predicted molar refractivity (Wildman–Crippen MR) is 75.1 cm³/mol. The van der Waals surface area contributed by atoms with Crippen LogP contribution < -0.4 is 10.1 Å². The molecule has 3 nitrogen and oxygen atoms in total. The van der Waals surface area contributed by atoms with Gasteiger partial charge in [-0.1, -0.05) is 19.1 Å². The molecular weight excluding hydrogens is 226 g/mol. The van der Waals surface area contributed by atoms with Crippen molar-refractivity contribution in [3.05, 3.63) is 29.8 Å². The molecule has 0 amide bonds. The van der Waals surface area contributed by atoms with Gasteiger partial charge >= 0.3 is 0 Å². The van der Waals surface area contributed by atoms with E-state index >= 15 is 0 Å². The third-order valence-electron chi connectivity index (χ3n) is 3.43.